The summed E-state index contributed by atoms with van der Waals surface area (Å²) in [6, 6.07) is 0. The van der Waals surface area contributed by atoms with Crippen LogP contribution in [0.2, 0.25) is 0 Å². The van der Waals surface area contributed by atoms with E-state index in [1.807, 2.05) is 0 Å². The van der Waals surface area contributed by atoms with E-state index in [4.69, 9.17) is 0 Å². The third-order valence-electron chi connectivity index (χ3n) is 5.09. The molecule has 9 radical (unpaired) electrons. The number of rotatable bonds is 6. The summed E-state index contributed by atoms with van der Waals surface area (Å²) in [7, 11) is 0. The van der Waals surface area contributed by atoms with Crippen LogP contribution in [0.4, 0.5) is 0 Å². The fourth-order valence-corrected chi connectivity index (χ4v) is 3.29. The molecule has 0 aliphatic heterocycles. The van der Waals surface area contributed by atoms with Gasteiger partial charge in [-0.15, -0.1) is 0 Å². The first kappa shape index (κ1) is 53.8. The van der Waals surface area contributed by atoms with Crippen LogP contribution < -0.4 is 0 Å². The molecule has 0 fully saturated rings. The van der Waals surface area contributed by atoms with Crippen LogP contribution in [-0.2, 0) is 0 Å². The minimum Gasteiger partial charge on any atom is -0.197 e. The molecule has 3 heterocycles. The summed E-state index contributed by atoms with van der Waals surface area (Å²) < 4.78 is 0. The number of nitrogens with zero attached hydrogens (tertiary/aromatic N) is 6. The van der Waals surface area contributed by atoms with Crippen LogP contribution in [0.1, 0.15) is 182 Å². The first-order chi connectivity index (χ1) is 15.4. The van der Waals surface area contributed by atoms with Gasteiger partial charge in [-0.25, -0.2) is 0 Å². The van der Waals surface area contributed by atoms with Gasteiger partial charge in [0.05, 0.1) is 34.2 Å². The van der Waals surface area contributed by atoms with Gasteiger partial charge in [0.1, 0.15) is 0 Å². The zero-order valence-electron chi connectivity index (χ0n) is 24.4. The van der Waals surface area contributed by atoms with E-state index in [2.05, 4.69) is 129 Å². The van der Waals surface area contributed by atoms with Crippen molar-refractivity contribution in [2.45, 2.75) is 148 Å². The monoisotopic (exact) mass is 557 g/mol. The lowest BCUT2D eigenvalue weighted by Gasteiger charge is -2.04. The Kier molecular flexibility index (Phi) is 34.4. The third-order valence-corrected chi connectivity index (χ3v) is 5.09. The standard InChI is InChI=1S/3C8H15N3.4CH4.3B/c3*1-5(2)7-8(6(3)4)10-11-9-7;;;;;;;/h3*5-6H,1-4H3,(H,9,10,11);4*1H4;;;. The molecule has 0 unspecified atom stereocenters. The SMILES string of the molecule is C.C.C.C.CC(C)c1n[nH]nc1C(C)C.CC(C)c1n[nH]nc1C(C)C.CC(C)c1n[nH]nc1C(C)C.[B].[B].[B]. The maximum atomic E-state index is 4.10. The molecule has 3 N–H and O–H groups in total. The zero-order valence-corrected chi connectivity index (χ0v) is 24.4. The van der Waals surface area contributed by atoms with E-state index in [9.17, 15) is 0 Å². The molecule has 0 aliphatic rings. The molecule has 0 spiro atoms. The number of aromatic amines is 3. The predicted octanol–water partition coefficient (Wildman–Crippen LogP) is 7.56. The highest BCUT2D eigenvalue weighted by atomic mass is 15.3. The molecular formula is C28H61B3N9. The number of aromatic nitrogens is 9. The fraction of sp³-hybridized carbons (Fsp3) is 0.786. The van der Waals surface area contributed by atoms with Crippen molar-refractivity contribution in [1.82, 2.24) is 46.2 Å². The van der Waals surface area contributed by atoms with Crippen LogP contribution in [0.5, 0.6) is 0 Å². The molecule has 0 saturated heterocycles. The number of H-pyrrole nitrogens is 3. The molecule has 3 aromatic rings. The average Bonchev–Trinajstić information content (AvgIpc) is 3.48. The Morgan fingerprint density at radius 1 is 0.300 bits per heavy atom. The second-order valence-corrected chi connectivity index (χ2v) is 10.2. The molecule has 0 saturated carbocycles. The summed E-state index contributed by atoms with van der Waals surface area (Å²) in [5.74, 6) is 2.78. The van der Waals surface area contributed by atoms with Crippen molar-refractivity contribution in [3.63, 3.8) is 0 Å². The Labute approximate surface area is 253 Å². The van der Waals surface area contributed by atoms with E-state index in [1.165, 1.54) is 0 Å². The molecular weight excluding hydrogens is 495 g/mol. The summed E-state index contributed by atoms with van der Waals surface area (Å²) in [5.41, 5.74) is 6.58. The van der Waals surface area contributed by atoms with Crippen molar-refractivity contribution in [2.24, 2.45) is 0 Å². The molecule has 0 amide bonds. The lowest BCUT2D eigenvalue weighted by atomic mass is 10.0. The smallest absolute Gasteiger partial charge is 0.0884 e. The van der Waals surface area contributed by atoms with Gasteiger partial charge in [-0.1, -0.05) is 113 Å². The maximum absolute atomic E-state index is 4.10. The van der Waals surface area contributed by atoms with Crippen LogP contribution in [0.25, 0.3) is 0 Å². The van der Waals surface area contributed by atoms with Crippen LogP contribution in [0.3, 0.4) is 0 Å². The number of hydrogen-bond acceptors (Lipinski definition) is 6. The topological polar surface area (TPSA) is 125 Å². The molecule has 9 nitrogen and oxygen atoms in total. The first-order valence-electron chi connectivity index (χ1n) is 12.1. The average molecular weight is 556 g/mol. The summed E-state index contributed by atoms with van der Waals surface area (Å²) in [4.78, 5) is 0. The highest BCUT2D eigenvalue weighted by Gasteiger charge is 2.15. The van der Waals surface area contributed by atoms with Crippen molar-refractivity contribution < 1.29 is 0 Å². The summed E-state index contributed by atoms with van der Waals surface area (Å²) >= 11 is 0. The van der Waals surface area contributed by atoms with E-state index < -0.39 is 0 Å². The van der Waals surface area contributed by atoms with Crippen molar-refractivity contribution in [2.75, 3.05) is 0 Å². The molecule has 12 heteroatoms. The second-order valence-electron chi connectivity index (χ2n) is 10.2. The van der Waals surface area contributed by atoms with Crippen molar-refractivity contribution in [3.05, 3.63) is 34.2 Å². The Balaban J connectivity index is -0.0000000751. The first-order valence-corrected chi connectivity index (χ1v) is 12.1. The Morgan fingerprint density at radius 3 is 0.475 bits per heavy atom. The largest absolute Gasteiger partial charge is 0.197 e. The van der Waals surface area contributed by atoms with Gasteiger partial charge in [0.2, 0.25) is 0 Å². The minimum atomic E-state index is 0. The highest BCUT2D eigenvalue weighted by Crippen LogP contribution is 2.22. The fourth-order valence-electron chi connectivity index (χ4n) is 3.29. The van der Waals surface area contributed by atoms with Crippen molar-refractivity contribution >= 4 is 25.2 Å². The van der Waals surface area contributed by atoms with Crippen LogP contribution in [0.15, 0.2) is 0 Å². The van der Waals surface area contributed by atoms with E-state index in [0.717, 1.165) is 34.2 Å². The molecule has 0 atom stereocenters. The van der Waals surface area contributed by atoms with Crippen LogP contribution >= 0.6 is 0 Å². The normalized spacial score (nSPS) is 9.45. The van der Waals surface area contributed by atoms with E-state index in [-0.39, 0.29) is 54.9 Å². The van der Waals surface area contributed by atoms with Gasteiger partial charge in [0.25, 0.3) is 0 Å². The summed E-state index contributed by atoms with van der Waals surface area (Å²) in [5, 5.41) is 32.6. The maximum Gasteiger partial charge on any atom is 0.0884 e. The van der Waals surface area contributed by atoms with Crippen molar-refractivity contribution in [1.29, 1.82) is 0 Å². The van der Waals surface area contributed by atoms with Gasteiger partial charge >= 0.3 is 0 Å². The van der Waals surface area contributed by atoms with Gasteiger partial charge in [-0.3, -0.25) is 0 Å². The molecule has 3 rings (SSSR count). The molecule has 0 aliphatic carbocycles. The van der Waals surface area contributed by atoms with Crippen LogP contribution in [0, 0.1) is 0 Å². The lowest BCUT2D eigenvalue weighted by Crippen LogP contribution is -1.96. The minimum absolute atomic E-state index is 0. The van der Waals surface area contributed by atoms with Gasteiger partial charge < -0.3 is 0 Å². The molecule has 40 heavy (non-hydrogen) atoms. The Morgan fingerprint density at radius 2 is 0.400 bits per heavy atom. The highest BCUT2D eigenvalue weighted by molar-refractivity contribution is 5.76. The van der Waals surface area contributed by atoms with Gasteiger partial charge in [0.15, 0.2) is 0 Å². The Hall–Kier alpha value is -2.39. The molecule has 227 valence electrons. The van der Waals surface area contributed by atoms with E-state index >= 15 is 0 Å². The quantitative estimate of drug-likeness (QED) is 0.269. The van der Waals surface area contributed by atoms with Gasteiger partial charge in [-0.2, -0.15) is 46.2 Å². The number of hydrogen-bond donors (Lipinski definition) is 3. The molecule has 3 aromatic heterocycles. The molecule has 0 bridgehead atoms. The van der Waals surface area contributed by atoms with Gasteiger partial charge in [0, 0.05) is 25.2 Å². The summed E-state index contributed by atoms with van der Waals surface area (Å²) in [6.45, 7) is 25.5. The zero-order chi connectivity index (χ0) is 25.3. The lowest BCUT2D eigenvalue weighted by molar-refractivity contribution is 0.759. The third kappa shape index (κ3) is 16.0. The molecule has 0 aromatic carbocycles. The van der Waals surface area contributed by atoms with E-state index in [0.29, 0.717) is 35.5 Å². The number of nitrogens with one attached hydrogen (secondary N) is 3. The van der Waals surface area contributed by atoms with Crippen molar-refractivity contribution in [3.8, 4) is 0 Å². The summed E-state index contributed by atoms with van der Waals surface area (Å²) in [6.07, 6.45) is 0. The van der Waals surface area contributed by atoms with Gasteiger partial charge in [-0.05, 0) is 35.5 Å². The predicted molar refractivity (Wildman–Crippen MR) is 178 cm³/mol. The van der Waals surface area contributed by atoms with Crippen LogP contribution in [-0.4, -0.2) is 71.5 Å². The second kappa shape index (κ2) is 25.6. The Bertz CT molecular complexity index is 744. The van der Waals surface area contributed by atoms with E-state index in [1.54, 1.807) is 0 Å².